The molecule has 5 nitrogen and oxygen atoms in total. The molecule has 1 fully saturated rings. The molecule has 6 heteroatoms. The Kier molecular flexibility index (Phi) is 3.94. The number of nitrogens with zero attached hydrogens (tertiary/aromatic N) is 3. The number of nitrogens with one attached hydrogen (secondary N) is 1. The van der Waals surface area contributed by atoms with Gasteiger partial charge in [0.25, 0.3) is 0 Å². The number of aromatic nitrogens is 3. The van der Waals surface area contributed by atoms with E-state index in [1.165, 1.54) is 0 Å². The Bertz CT molecular complexity index is 891. The van der Waals surface area contributed by atoms with Gasteiger partial charge in [-0.1, -0.05) is 35.9 Å². The lowest BCUT2D eigenvalue weighted by molar-refractivity contribution is -0.122. The van der Waals surface area contributed by atoms with Crippen LogP contribution in [0.2, 0.25) is 5.02 Å². The summed E-state index contributed by atoms with van der Waals surface area (Å²) in [6.07, 6.45) is 3.45. The van der Waals surface area contributed by atoms with Gasteiger partial charge in [-0.15, -0.1) is 10.2 Å². The molecule has 1 N–H and O–H groups in total. The minimum atomic E-state index is 0.0278. The summed E-state index contributed by atoms with van der Waals surface area (Å²) in [7, 11) is 0. The van der Waals surface area contributed by atoms with Gasteiger partial charge in [-0.2, -0.15) is 0 Å². The van der Waals surface area contributed by atoms with Gasteiger partial charge in [0.05, 0.1) is 0 Å². The summed E-state index contributed by atoms with van der Waals surface area (Å²) in [5, 5.41) is 12.0. The number of fused-ring (bicyclic) bond motifs is 1. The number of benzene rings is 1. The highest BCUT2D eigenvalue weighted by Crippen LogP contribution is 2.49. The number of rotatable bonds is 5. The number of hydrogen-bond acceptors (Lipinski definition) is 3. The van der Waals surface area contributed by atoms with E-state index in [0.29, 0.717) is 13.0 Å². The highest BCUT2D eigenvalue weighted by molar-refractivity contribution is 6.31. The van der Waals surface area contributed by atoms with Crippen LogP contribution in [0.15, 0.2) is 48.7 Å². The van der Waals surface area contributed by atoms with E-state index < -0.39 is 0 Å². The van der Waals surface area contributed by atoms with Crippen molar-refractivity contribution >= 4 is 23.2 Å². The van der Waals surface area contributed by atoms with E-state index in [9.17, 15) is 4.79 Å². The van der Waals surface area contributed by atoms with Crippen LogP contribution in [0.4, 0.5) is 0 Å². The molecule has 2 unspecified atom stereocenters. The fourth-order valence-electron chi connectivity index (χ4n) is 3.09. The fourth-order valence-corrected chi connectivity index (χ4v) is 3.37. The van der Waals surface area contributed by atoms with Crippen LogP contribution in [-0.4, -0.2) is 27.0 Å². The largest absolute Gasteiger partial charge is 0.355 e. The van der Waals surface area contributed by atoms with Crippen molar-refractivity contribution < 1.29 is 4.79 Å². The normalized spacial score (nSPS) is 19.4. The first-order chi connectivity index (χ1) is 11.7. The third-order valence-corrected chi connectivity index (χ3v) is 4.81. The summed E-state index contributed by atoms with van der Waals surface area (Å²) in [4.78, 5) is 12.3. The summed E-state index contributed by atoms with van der Waals surface area (Å²) < 4.78 is 1.94. The average molecular weight is 341 g/mol. The van der Waals surface area contributed by atoms with Crippen molar-refractivity contribution in [2.75, 3.05) is 6.54 Å². The first-order valence-corrected chi connectivity index (χ1v) is 8.42. The molecule has 4 rings (SSSR count). The molecule has 122 valence electrons. The first-order valence-electron chi connectivity index (χ1n) is 8.05. The summed E-state index contributed by atoms with van der Waals surface area (Å²) >= 11 is 6.21. The van der Waals surface area contributed by atoms with Crippen LogP contribution in [-0.2, 0) is 11.2 Å². The predicted octanol–water partition coefficient (Wildman–Crippen LogP) is 2.85. The molecule has 0 saturated heterocycles. The fraction of sp³-hybridized carbons (Fsp3) is 0.278. The first kappa shape index (κ1) is 15.1. The Labute approximate surface area is 144 Å². The smallest absolute Gasteiger partial charge is 0.223 e. The van der Waals surface area contributed by atoms with Gasteiger partial charge in [-0.05, 0) is 36.1 Å². The van der Waals surface area contributed by atoms with E-state index in [0.717, 1.165) is 28.5 Å². The molecule has 2 heterocycles. The van der Waals surface area contributed by atoms with Gasteiger partial charge in [0, 0.05) is 30.1 Å². The Morgan fingerprint density at radius 1 is 1.21 bits per heavy atom. The lowest BCUT2D eigenvalue weighted by Crippen LogP contribution is -2.28. The molecule has 2 aromatic heterocycles. The number of pyridine rings is 1. The molecule has 0 bridgehead atoms. The van der Waals surface area contributed by atoms with Gasteiger partial charge < -0.3 is 5.32 Å². The van der Waals surface area contributed by atoms with Crippen LogP contribution >= 0.6 is 11.6 Å². The third kappa shape index (κ3) is 2.87. The molecule has 1 amide bonds. The predicted molar refractivity (Wildman–Crippen MR) is 92.0 cm³/mol. The highest BCUT2D eigenvalue weighted by atomic mass is 35.5. The summed E-state index contributed by atoms with van der Waals surface area (Å²) in [5.74, 6) is 1.21. The Hall–Kier alpha value is -2.40. The minimum Gasteiger partial charge on any atom is -0.355 e. The molecule has 1 aliphatic rings. The molecule has 3 aromatic rings. The zero-order valence-corrected chi connectivity index (χ0v) is 13.8. The SMILES string of the molecule is O=C(NCCc1nnc2ccccn12)C1CC1c1ccccc1Cl. The van der Waals surface area contributed by atoms with Crippen LogP contribution in [0, 0.1) is 5.92 Å². The van der Waals surface area contributed by atoms with Crippen molar-refractivity contribution in [3.63, 3.8) is 0 Å². The van der Waals surface area contributed by atoms with Crippen molar-refractivity contribution in [3.8, 4) is 0 Å². The average Bonchev–Trinajstić information content (AvgIpc) is 3.29. The second kappa shape index (κ2) is 6.24. The number of carbonyl (C=O) groups excluding carboxylic acids is 1. The Morgan fingerprint density at radius 2 is 2.04 bits per heavy atom. The van der Waals surface area contributed by atoms with Crippen LogP contribution in [0.3, 0.4) is 0 Å². The third-order valence-electron chi connectivity index (χ3n) is 4.46. The standard InChI is InChI=1S/C18H17ClN4O/c19-15-6-2-1-5-12(15)13-11-14(13)18(24)20-9-8-17-22-21-16-7-3-4-10-23(16)17/h1-7,10,13-14H,8-9,11H2,(H,20,24). The molecule has 1 aromatic carbocycles. The van der Waals surface area contributed by atoms with Gasteiger partial charge in [-0.3, -0.25) is 9.20 Å². The Morgan fingerprint density at radius 3 is 2.92 bits per heavy atom. The van der Waals surface area contributed by atoms with Gasteiger partial charge in [0.1, 0.15) is 5.82 Å². The highest BCUT2D eigenvalue weighted by Gasteiger charge is 2.44. The van der Waals surface area contributed by atoms with Crippen molar-refractivity contribution in [1.29, 1.82) is 0 Å². The molecule has 0 aliphatic heterocycles. The van der Waals surface area contributed by atoms with Gasteiger partial charge in [0.15, 0.2) is 5.65 Å². The topological polar surface area (TPSA) is 59.3 Å². The van der Waals surface area contributed by atoms with E-state index in [-0.39, 0.29) is 17.7 Å². The lowest BCUT2D eigenvalue weighted by atomic mass is 10.1. The van der Waals surface area contributed by atoms with Crippen molar-refractivity contribution in [3.05, 3.63) is 65.1 Å². The van der Waals surface area contributed by atoms with Gasteiger partial charge in [0.2, 0.25) is 5.91 Å². The molecular weight excluding hydrogens is 324 g/mol. The van der Waals surface area contributed by atoms with Crippen LogP contribution in [0.1, 0.15) is 23.7 Å². The van der Waals surface area contributed by atoms with E-state index in [1.807, 2.05) is 53.1 Å². The van der Waals surface area contributed by atoms with E-state index in [1.54, 1.807) is 0 Å². The molecule has 2 atom stereocenters. The number of amides is 1. The second-order valence-corrected chi connectivity index (χ2v) is 6.46. The van der Waals surface area contributed by atoms with Crippen molar-refractivity contribution in [1.82, 2.24) is 19.9 Å². The van der Waals surface area contributed by atoms with Crippen LogP contribution < -0.4 is 5.32 Å². The van der Waals surface area contributed by atoms with Crippen molar-refractivity contribution in [2.45, 2.75) is 18.8 Å². The van der Waals surface area contributed by atoms with E-state index in [2.05, 4.69) is 15.5 Å². The molecule has 0 radical (unpaired) electrons. The van der Waals surface area contributed by atoms with Crippen LogP contribution in [0.25, 0.3) is 5.65 Å². The summed E-state index contributed by atoms with van der Waals surface area (Å²) in [6.45, 7) is 0.556. The molecule has 1 saturated carbocycles. The number of hydrogen-bond donors (Lipinski definition) is 1. The quantitative estimate of drug-likeness (QED) is 0.777. The van der Waals surface area contributed by atoms with Gasteiger partial charge >= 0.3 is 0 Å². The van der Waals surface area contributed by atoms with Crippen LogP contribution in [0.5, 0.6) is 0 Å². The summed E-state index contributed by atoms with van der Waals surface area (Å²) in [5.41, 5.74) is 1.89. The minimum absolute atomic E-state index is 0.0278. The lowest BCUT2D eigenvalue weighted by Gasteiger charge is -2.05. The Balaban J connectivity index is 1.33. The molecular formula is C18H17ClN4O. The summed E-state index contributed by atoms with van der Waals surface area (Å²) in [6, 6.07) is 13.5. The van der Waals surface area contributed by atoms with Gasteiger partial charge in [-0.25, -0.2) is 0 Å². The van der Waals surface area contributed by atoms with E-state index >= 15 is 0 Å². The van der Waals surface area contributed by atoms with E-state index in [4.69, 9.17) is 11.6 Å². The zero-order chi connectivity index (χ0) is 16.5. The molecule has 0 spiro atoms. The maximum atomic E-state index is 12.3. The number of carbonyl (C=O) groups is 1. The molecule has 1 aliphatic carbocycles. The molecule has 24 heavy (non-hydrogen) atoms. The number of halogens is 1. The maximum Gasteiger partial charge on any atom is 0.223 e. The maximum absolute atomic E-state index is 12.3. The zero-order valence-electron chi connectivity index (χ0n) is 13.0. The van der Waals surface area contributed by atoms with Crippen molar-refractivity contribution in [2.24, 2.45) is 5.92 Å². The monoisotopic (exact) mass is 340 g/mol. The second-order valence-electron chi connectivity index (χ2n) is 6.06.